The summed E-state index contributed by atoms with van der Waals surface area (Å²) < 4.78 is 39.2. The average Bonchev–Trinajstić information content (AvgIpc) is 2.64. The van der Waals surface area contributed by atoms with Gasteiger partial charge in [0.05, 0.1) is 10.6 Å². The molecular weight excluding hydrogens is 375 g/mol. The summed E-state index contributed by atoms with van der Waals surface area (Å²) in [6.07, 6.45) is -2.92. The standard InChI is InChI=1S/C21H21ClF3NO/c1-3-26(4-2)14-17(16-8-6-5-7-9-16)20(27)13-15-10-11-19(22)18(12-15)21(23,24)25/h5-12,14H,3-4,13H2,1-2H3. The molecule has 27 heavy (non-hydrogen) atoms. The second-order valence-corrected chi connectivity index (χ2v) is 6.45. The monoisotopic (exact) mass is 395 g/mol. The summed E-state index contributed by atoms with van der Waals surface area (Å²) in [5, 5.41) is -0.374. The van der Waals surface area contributed by atoms with Crippen molar-refractivity contribution in [3.05, 3.63) is 76.4 Å². The van der Waals surface area contributed by atoms with Gasteiger partial charge in [-0.15, -0.1) is 0 Å². The van der Waals surface area contributed by atoms with E-state index in [1.54, 1.807) is 6.20 Å². The van der Waals surface area contributed by atoms with Crippen LogP contribution in [0.3, 0.4) is 0 Å². The molecule has 0 amide bonds. The van der Waals surface area contributed by atoms with Gasteiger partial charge in [-0.1, -0.05) is 48.0 Å². The number of carbonyl (C=O) groups excluding carboxylic acids is 1. The molecule has 144 valence electrons. The van der Waals surface area contributed by atoms with Crippen LogP contribution in [0.15, 0.2) is 54.7 Å². The van der Waals surface area contributed by atoms with Gasteiger partial charge in [0.1, 0.15) is 0 Å². The lowest BCUT2D eigenvalue weighted by Gasteiger charge is -2.18. The summed E-state index contributed by atoms with van der Waals surface area (Å²) in [5.74, 6) is -0.247. The van der Waals surface area contributed by atoms with Crippen LogP contribution in [0, 0.1) is 0 Å². The summed E-state index contributed by atoms with van der Waals surface area (Å²) in [6.45, 7) is 5.39. The van der Waals surface area contributed by atoms with Crippen LogP contribution in [0.1, 0.15) is 30.5 Å². The van der Waals surface area contributed by atoms with E-state index in [0.717, 1.165) is 24.7 Å². The molecule has 0 fully saturated rings. The van der Waals surface area contributed by atoms with Gasteiger partial charge in [0.15, 0.2) is 5.78 Å². The van der Waals surface area contributed by atoms with Crippen molar-refractivity contribution in [2.24, 2.45) is 0 Å². The zero-order chi connectivity index (χ0) is 20.0. The van der Waals surface area contributed by atoms with E-state index in [0.29, 0.717) is 5.57 Å². The van der Waals surface area contributed by atoms with E-state index in [1.165, 1.54) is 12.1 Å². The lowest BCUT2D eigenvalue weighted by molar-refractivity contribution is -0.137. The molecule has 0 atom stereocenters. The van der Waals surface area contributed by atoms with Crippen molar-refractivity contribution in [2.45, 2.75) is 26.4 Å². The third kappa shape index (κ3) is 5.60. The van der Waals surface area contributed by atoms with E-state index in [4.69, 9.17) is 11.6 Å². The summed E-state index contributed by atoms with van der Waals surface area (Å²) in [7, 11) is 0. The number of hydrogen-bond acceptors (Lipinski definition) is 2. The van der Waals surface area contributed by atoms with Gasteiger partial charge in [-0.05, 0) is 37.1 Å². The first-order chi connectivity index (χ1) is 12.8. The fourth-order valence-corrected chi connectivity index (χ4v) is 2.92. The number of hydrogen-bond donors (Lipinski definition) is 0. The fourth-order valence-electron chi connectivity index (χ4n) is 2.69. The topological polar surface area (TPSA) is 20.3 Å². The van der Waals surface area contributed by atoms with Gasteiger partial charge in [0.25, 0.3) is 0 Å². The largest absolute Gasteiger partial charge is 0.417 e. The first kappa shape index (κ1) is 21.0. The number of allylic oxidation sites excluding steroid dienone is 1. The van der Waals surface area contributed by atoms with Crippen molar-refractivity contribution in [3.8, 4) is 0 Å². The molecule has 0 spiro atoms. The molecule has 2 aromatic carbocycles. The summed E-state index contributed by atoms with van der Waals surface area (Å²) in [5.41, 5.74) is 0.559. The van der Waals surface area contributed by atoms with Gasteiger partial charge in [0, 0.05) is 31.3 Å². The molecular formula is C21H21ClF3NO. The van der Waals surface area contributed by atoms with Crippen LogP contribution in [0.2, 0.25) is 5.02 Å². The van der Waals surface area contributed by atoms with Crippen molar-refractivity contribution in [1.82, 2.24) is 4.90 Å². The smallest absolute Gasteiger partial charge is 0.377 e. The number of rotatable bonds is 7. The van der Waals surface area contributed by atoms with E-state index in [9.17, 15) is 18.0 Å². The Morgan fingerprint density at radius 3 is 2.26 bits per heavy atom. The highest BCUT2D eigenvalue weighted by Crippen LogP contribution is 2.35. The van der Waals surface area contributed by atoms with Crippen molar-refractivity contribution in [1.29, 1.82) is 0 Å². The lowest BCUT2D eigenvalue weighted by Crippen LogP contribution is -2.18. The maximum atomic E-state index is 13.1. The van der Waals surface area contributed by atoms with Crippen LogP contribution in [-0.4, -0.2) is 23.8 Å². The quantitative estimate of drug-likeness (QED) is 0.548. The minimum atomic E-state index is -4.56. The van der Waals surface area contributed by atoms with Crippen LogP contribution in [0.5, 0.6) is 0 Å². The Labute approximate surface area is 162 Å². The highest BCUT2D eigenvalue weighted by atomic mass is 35.5. The van der Waals surface area contributed by atoms with E-state index in [-0.39, 0.29) is 22.8 Å². The Morgan fingerprint density at radius 1 is 1.07 bits per heavy atom. The molecule has 2 rings (SSSR count). The second-order valence-electron chi connectivity index (χ2n) is 6.04. The molecule has 0 saturated carbocycles. The van der Waals surface area contributed by atoms with E-state index >= 15 is 0 Å². The normalized spacial score (nSPS) is 12.1. The first-order valence-corrected chi connectivity index (χ1v) is 9.04. The highest BCUT2D eigenvalue weighted by Gasteiger charge is 2.33. The number of ketones is 1. The van der Waals surface area contributed by atoms with Gasteiger partial charge >= 0.3 is 6.18 Å². The van der Waals surface area contributed by atoms with Crippen molar-refractivity contribution in [3.63, 3.8) is 0 Å². The summed E-state index contributed by atoms with van der Waals surface area (Å²) >= 11 is 5.66. The van der Waals surface area contributed by atoms with Gasteiger partial charge in [-0.2, -0.15) is 13.2 Å². The van der Waals surface area contributed by atoms with Gasteiger partial charge in [-0.3, -0.25) is 4.79 Å². The maximum absolute atomic E-state index is 13.1. The van der Waals surface area contributed by atoms with E-state index < -0.39 is 11.7 Å². The Balaban J connectivity index is 2.37. The zero-order valence-electron chi connectivity index (χ0n) is 15.2. The number of benzene rings is 2. The van der Waals surface area contributed by atoms with Crippen molar-refractivity contribution in [2.75, 3.05) is 13.1 Å². The van der Waals surface area contributed by atoms with Crippen LogP contribution in [0.25, 0.3) is 5.57 Å². The number of halogens is 4. The number of alkyl halides is 3. The molecule has 0 aliphatic rings. The molecule has 2 nitrogen and oxygen atoms in total. The molecule has 0 N–H and O–H groups in total. The maximum Gasteiger partial charge on any atom is 0.417 e. The molecule has 2 aromatic rings. The summed E-state index contributed by atoms with van der Waals surface area (Å²) in [6, 6.07) is 12.7. The molecule has 0 heterocycles. The highest BCUT2D eigenvalue weighted by molar-refractivity contribution is 6.31. The minimum absolute atomic E-state index is 0.137. The molecule has 0 radical (unpaired) electrons. The van der Waals surface area contributed by atoms with E-state index in [2.05, 4.69) is 0 Å². The Bertz CT molecular complexity index is 812. The third-order valence-electron chi connectivity index (χ3n) is 4.21. The Hall–Kier alpha value is -2.27. The van der Waals surface area contributed by atoms with Crippen LogP contribution >= 0.6 is 11.6 Å². The molecule has 0 aliphatic heterocycles. The molecule has 0 aromatic heterocycles. The Morgan fingerprint density at radius 2 is 1.70 bits per heavy atom. The van der Waals surface area contributed by atoms with Crippen LogP contribution < -0.4 is 0 Å². The van der Waals surface area contributed by atoms with Gasteiger partial charge in [0.2, 0.25) is 0 Å². The van der Waals surface area contributed by atoms with Crippen LogP contribution in [0.4, 0.5) is 13.2 Å². The third-order valence-corrected chi connectivity index (χ3v) is 4.54. The second kappa shape index (κ2) is 9.09. The lowest BCUT2D eigenvalue weighted by atomic mass is 9.96. The number of nitrogens with zero attached hydrogens (tertiary/aromatic N) is 1. The molecule has 0 saturated heterocycles. The first-order valence-electron chi connectivity index (χ1n) is 8.66. The number of carbonyl (C=O) groups is 1. The predicted octanol–water partition coefficient (Wildman–Crippen LogP) is 5.85. The zero-order valence-corrected chi connectivity index (χ0v) is 15.9. The van der Waals surface area contributed by atoms with Crippen LogP contribution in [-0.2, 0) is 17.4 Å². The number of Topliss-reactive ketones (excluding diaryl/α,β-unsaturated/α-hetero) is 1. The van der Waals surface area contributed by atoms with Gasteiger partial charge in [-0.25, -0.2) is 0 Å². The molecule has 0 unspecified atom stereocenters. The predicted molar refractivity (Wildman–Crippen MR) is 103 cm³/mol. The van der Waals surface area contributed by atoms with Crippen molar-refractivity contribution < 1.29 is 18.0 Å². The minimum Gasteiger partial charge on any atom is -0.377 e. The van der Waals surface area contributed by atoms with Crippen molar-refractivity contribution >= 4 is 23.0 Å². The summed E-state index contributed by atoms with van der Waals surface area (Å²) in [4.78, 5) is 14.9. The van der Waals surface area contributed by atoms with Gasteiger partial charge < -0.3 is 4.90 Å². The Kier molecular flexibility index (Phi) is 7.08. The average molecular weight is 396 g/mol. The van der Waals surface area contributed by atoms with E-state index in [1.807, 2.05) is 49.1 Å². The molecule has 0 aliphatic carbocycles. The molecule has 0 bridgehead atoms. The molecule has 6 heteroatoms. The SMILES string of the molecule is CCN(C=C(C(=O)Cc1ccc(Cl)c(C(F)(F)F)c1)c1ccccc1)CC. The fraction of sp³-hybridized carbons (Fsp3) is 0.286.